The first-order valence-corrected chi connectivity index (χ1v) is 12.0. The van der Waals surface area contributed by atoms with Gasteiger partial charge in [-0.1, -0.05) is 30.3 Å². The summed E-state index contributed by atoms with van der Waals surface area (Å²) in [4.78, 5) is 20.5. The van der Waals surface area contributed by atoms with Gasteiger partial charge in [0, 0.05) is 31.2 Å². The highest BCUT2D eigenvalue weighted by Crippen LogP contribution is 2.26. The Labute approximate surface area is 196 Å². The quantitative estimate of drug-likeness (QED) is 0.519. The Morgan fingerprint density at radius 3 is 2.58 bits per heavy atom. The minimum Gasteiger partial charge on any atom is -0.373 e. The summed E-state index contributed by atoms with van der Waals surface area (Å²) in [6, 6.07) is 12.0. The second-order valence-corrected chi connectivity index (χ2v) is 9.32. The number of hydrogen-bond donors (Lipinski definition) is 1. The summed E-state index contributed by atoms with van der Waals surface area (Å²) in [5.41, 5.74) is 3.14. The fourth-order valence-electron chi connectivity index (χ4n) is 4.57. The number of rotatable bonds is 8. The number of nitrogens with zero attached hydrogens (tertiary/aromatic N) is 4. The summed E-state index contributed by atoms with van der Waals surface area (Å²) in [5.74, 6) is -0.0727. The molecule has 7 nitrogen and oxygen atoms in total. The molecule has 2 unspecified atom stereocenters. The van der Waals surface area contributed by atoms with Crippen molar-refractivity contribution in [3.8, 4) is 11.3 Å². The number of amides is 1. The largest absolute Gasteiger partial charge is 0.373 e. The molecule has 176 valence electrons. The zero-order valence-corrected chi connectivity index (χ0v) is 20.1. The molecule has 3 aromatic rings. The van der Waals surface area contributed by atoms with Gasteiger partial charge in [-0.25, -0.2) is 9.67 Å². The number of carbonyl (C=O) groups excluding carboxylic acids is 1. The lowest BCUT2D eigenvalue weighted by Gasteiger charge is -2.35. The first-order valence-electron chi connectivity index (χ1n) is 12.0. The summed E-state index contributed by atoms with van der Waals surface area (Å²) >= 11 is 0. The van der Waals surface area contributed by atoms with Gasteiger partial charge in [0.15, 0.2) is 5.65 Å². The topological polar surface area (TPSA) is 72.3 Å². The molecule has 0 saturated carbocycles. The Kier molecular flexibility index (Phi) is 7.40. The molecule has 7 heteroatoms. The predicted molar refractivity (Wildman–Crippen MR) is 131 cm³/mol. The van der Waals surface area contributed by atoms with Crippen LogP contribution in [0.15, 0.2) is 42.6 Å². The van der Waals surface area contributed by atoms with E-state index >= 15 is 0 Å². The van der Waals surface area contributed by atoms with Gasteiger partial charge in [0.2, 0.25) is 0 Å². The number of unbranched alkanes of at least 4 members (excludes halogenated alkanes) is 1. The molecule has 1 amide bonds. The highest BCUT2D eigenvalue weighted by Gasteiger charge is 2.22. The van der Waals surface area contributed by atoms with Crippen LogP contribution in [0.1, 0.15) is 56.9 Å². The number of ether oxygens (including phenoxy) is 1. The van der Waals surface area contributed by atoms with Crippen LogP contribution in [0.25, 0.3) is 22.3 Å². The van der Waals surface area contributed by atoms with Crippen molar-refractivity contribution in [2.24, 2.45) is 0 Å². The molecule has 1 aliphatic heterocycles. The normalized spacial score (nSPS) is 19.3. The van der Waals surface area contributed by atoms with Crippen molar-refractivity contribution in [3.05, 3.63) is 48.2 Å². The highest BCUT2D eigenvalue weighted by molar-refractivity contribution is 6.06. The van der Waals surface area contributed by atoms with E-state index in [0.717, 1.165) is 54.8 Å². The van der Waals surface area contributed by atoms with Crippen LogP contribution in [0.4, 0.5) is 0 Å². The van der Waals surface area contributed by atoms with Gasteiger partial charge >= 0.3 is 0 Å². The minimum atomic E-state index is -0.0727. The average Bonchev–Trinajstić information content (AvgIpc) is 3.22. The number of aromatic nitrogens is 3. The van der Waals surface area contributed by atoms with Gasteiger partial charge in [0.25, 0.3) is 5.91 Å². The van der Waals surface area contributed by atoms with Crippen LogP contribution in [0.3, 0.4) is 0 Å². The number of benzene rings is 1. The van der Waals surface area contributed by atoms with Crippen LogP contribution in [0, 0.1) is 0 Å². The number of fused-ring (bicyclic) bond motifs is 1. The summed E-state index contributed by atoms with van der Waals surface area (Å²) < 4.78 is 7.68. The Bertz CT molecular complexity index is 1070. The number of morpholine rings is 1. The van der Waals surface area contributed by atoms with E-state index < -0.39 is 0 Å². The van der Waals surface area contributed by atoms with Gasteiger partial charge in [-0.05, 0) is 53.1 Å². The monoisotopic (exact) mass is 449 g/mol. The van der Waals surface area contributed by atoms with Crippen molar-refractivity contribution in [2.75, 3.05) is 26.2 Å². The maximum Gasteiger partial charge on any atom is 0.252 e. The fraction of sp³-hybridized carbons (Fsp3) is 0.500. The summed E-state index contributed by atoms with van der Waals surface area (Å²) in [6.45, 7) is 12.0. The van der Waals surface area contributed by atoms with Gasteiger partial charge < -0.3 is 10.1 Å². The van der Waals surface area contributed by atoms with Gasteiger partial charge in [-0.2, -0.15) is 5.10 Å². The Balaban J connectivity index is 1.44. The summed E-state index contributed by atoms with van der Waals surface area (Å²) in [7, 11) is 0. The zero-order chi connectivity index (χ0) is 23.4. The van der Waals surface area contributed by atoms with Gasteiger partial charge in [0.1, 0.15) is 0 Å². The van der Waals surface area contributed by atoms with Crippen LogP contribution in [-0.2, 0) is 4.74 Å². The van der Waals surface area contributed by atoms with Crippen molar-refractivity contribution in [3.63, 3.8) is 0 Å². The zero-order valence-electron chi connectivity index (χ0n) is 20.1. The van der Waals surface area contributed by atoms with E-state index in [4.69, 9.17) is 9.72 Å². The van der Waals surface area contributed by atoms with E-state index in [-0.39, 0.29) is 24.2 Å². The van der Waals surface area contributed by atoms with Gasteiger partial charge in [0.05, 0.1) is 35.0 Å². The van der Waals surface area contributed by atoms with Gasteiger partial charge in [-0.15, -0.1) is 0 Å². The smallest absolute Gasteiger partial charge is 0.252 e. The molecule has 1 fully saturated rings. The first kappa shape index (κ1) is 23.4. The minimum absolute atomic E-state index is 0.0727. The van der Waals surface area contributed by atoms with Crippen LogP contribution in [0.2, 0.25) is 0 Å². The van der Waals surface area contributed by atoms with E-state index in [2.05, 4.69) is 43.0 Å². The highest BCUT2D eigenvalue weighted by atomic mass is 16.5. The SMILES string of the molecule is CC1CN(CCCCNC(=O)c2cc(-c3ccccc3)nc3c2cnn3C(C)C)CC(C)O1. The molecule has 0 spiro atoms. The third kappa shape index (κ3) is 5.60. The molecule has 0 bridgehead atoms. The Morgan fingerprint density at radius 2 is 1.88 bits per heavy atom. The van der Waals surface area contributed by atoms with Crippen molar-refractivity contribution >= 4 is 16.9 Å². The van der Waals surface area contributed by atoms with Crippen molar-refractivity contribution in [1.82, 2.24) is 25.0 Å². The maximum absolute atomic E-state index is 13.2. The molecule has 4 rings (SSSR count). The first-order chi connectivity index (χ1) is 15.9. The van der Waals surface area contributed by atoms with E-state index in [1.54, 1.807) is 6.20 Å². The second kappa shape index (κ2) is 10.4. The fourth-order valence-corrected chi connectivity index (χ4v) is 4.57. The van der Waals surface area contributed by atoms with E-state index in [1.165, 1.54) is 0 Å². The van der Waals surface area contributed by atoms with Crippen molar-refractivity contribution in [2.45, 2.75) is 58.8 Å². The van der Waals surface area contributed by atoms with E-state index in [1.807, 2.05) is 41.1 Å². The van der Waals surface area contributed by atoms with Crippen LogP contribution in [0.5, 0.6) is 0 Å². The molecule has 3 heterocycles. The molecule has 33 heavy (non-hydrogen) atoms. The molecular formula is C26H35N5O2. The molecule has 2 aromatic heterocycles. The van der Waals surface area contributed by atoms with E-state index in [0.29, 0.717) is 12.1 Å². The molecule has 1 aliphatic rings. The standard InChI is InChI=1S/C26H35N5O2/c1-18(2)31-25-23(15-28-31)22(14-24(29-25)21-10-6-5-7-11-21)26(32)27-12-8-9-13-30-16-19(3)33-20(4)17-30/h5-7,10-11,14-15,18-20H,8-9,12-13,16-17H2,1-4H3,(H,27,32). The molecule has 2 atom stereocenters. The molecule has 1 N–H and O–H groups in total. The summed E-state index contributed by atoms with van der Waals surface area (Å²) in [5, 5.41) is 8.41. The maximum atomic E-state index is 13.2. The lowest BCUT2D eigenvalue weighted by molar-refractivity contribution is -0.0681. The van der Waals surface area contributed by atoms with Crippen LogP contribution in [-0.4, -0.2) is 64.0 Å². The number of carbonyl (C=O) groups is 1. The lowest BCUT2D eigenvalue weighted by Crippen LogP contribution is -2.45. The third-order valence-electron chi connectivity index (χ3n) is 6.05. The van der Waals surface area contributed by atoms with Gasteiger partial charge in [-0.3, -0.25) is 9.69 Å². The van der Waals surface area contributed by atoms with E-state index in [9.17, 15) is 4.79 Å². The molecule has 0 aliphatic carbocycles. The molecular weight excluding hydrogens is 414 g/mol. The molecule has 1 saturated heterocycles. The Hall–Kier alpha value is -2.77. The van der Waals surface area contributed by atoms with Crippen LogP contribution < -0.4 is 5.32 Å². The molecule has 1 aromatic carbocycles. The summed E-state index contributed by atoms with van der Waals surface area (Å²) in [6.07, 6.45) is 4.32. The molecule has 0 radical (unpaired) electrons. The van der Waals surface area contributed by atoms with Crippen molar-refractivity contribution in [1.29, 1.82) is 0 Å². The van der Waals surface area contributed by atoms with Crippen LogP contribution >= 0.6 is 0 Å². The lowest BCUT2D eigenvalue weighted by atomic mass is 10.1. The second-order valence-electron chi connectivity index (χ2n) is 9.32. The number of nitrogens with one attached hydrogen (secondary N) is 1. The number of hydrogen-bond acceptors (Lipinski definition) is 5. The van der Waals surface area contributed by atoms with Crippen molar-refractivity contribution < 1.29 is 9.53 Å². The number of pyridine rings is 1. The average molecular weight is 450 g/mol. The third-order valence-corrected chi connectivity index (χ3v) is 6.05. The Morgan fingerprint density at radius 1 is 1.15 bits per heavy atom. The predicted octanol–water partition coefficient (Wildman–Crippen LogP) is 4.30.